The Hall–Kier alpha value is -2.51. The normalized spacial score (nSPS) is 11.0. The van der Waals surface area contributed by atoms with Crippen molar-refractivity contribution in [2.45, 2.75) is 13.5 Å². The first-order valence-corrected chi connectivity index (χ1v) is 9.07. The fourth-order valence-corrected chi connectivity index (χ4v) is 4.03. The molecule has 0 fully saturated rings. The van der Waals surface area contributed by atoms with Gasteiger partial charge in [0.15, 0.2) is 0 Å². The number of aryl methyl sites for hydroxylation is 1. The first-order chi connectivity index (χ1) is 11.7. The fourth-order valence-electron chi connectivity index (χ4n) is 2.41. The van der Waals surface area contributed by atoms with E-state index in [1.807, 2.05) is 53.4 Å². The Morgan fingerprint density at radius 3 is 2.88 bits per heavy atom. The van der Waals surface area contributed by atoms with E-state index in [1.165, 1.54) is 22.7 Å². The van der Waals surface area contributed by atoms with Crippen LogP contribution in [0.4, 0.5) is 0 Å². The van der Waals surface area contributed by atoms with Gasteiger partial charge in [0.05, 0.1) is 22.6 Å². The number of esters is 1. The van der Waals surface area contributed by atoms with E-state index in [-0.39, 0.29) is 12.6 Å². The second-order valence-corrected chi connectivity index (χ2v) is 6.97. The van der Waals surface area contributed by atoms with Crippen LogP contribution in [0.1, 0.15) is 21.1 Å². The van der Waals surface area contributed by atoms with Crippen LogP contribution in [0.15, 0.2) is 47.3 Å². The first kappa shape index (κ1) is 15.0. The standard InChI is InChI=1S/C17H13N3O2S2/c1-11-14-7-15(17(21)22-8-12-9-23-10-18-12)24-16(14)20(19-11)13-5-3-2-4-6-13/h2-7,9-10H,8H2,1H3. The summed E-state index contributed by atoms with van der Waals surface area (Å²) < 4.78 is 7.21. The lowest BCUT2D eigenvalue weighted by molar-refractivity contribution is 0.0474. The number of nitrogens with zero attached hydrogens (tertiary/aromatic N) is 3. The third-order valence-electron chi connectivity index (χ3n) is 3.58. The van der Waals surface area contributed by atoms with Crippen molar-refractivity contribution in [1.29, 1.82) is 0 Å². The molecule has 1 aromatic carbocycles. The van der Waals surface area contributed by atoms with Crippen molar-refractivity contribution < 1.29 is 9.53 Å². The smallest absolute Gasteiger partial charge is 0.348 e. The van der Waals surface area contributed by atoms with Gasteiger partial charge in [-0.05, 0) is 25.1 Å². The second kappa shape index (κ2) is 6.18. The maximum Gasteiger partial charge on any atom is 0.348 e. The summed E-state index contributed by atoms with van der Waals surface area (Å²) in [6.07, 6.45) is 0. The van der Waals surface area contributed by atoms with Crippen molar-refractivity contribution in [3.63, 3.8) is 0 Å². The van der Waals surface area contributed by atoms with Crippen LogP contribution < -0.4 is 0 Å². The lowest BCUT2D eigenvalue weighted by Gasteiger charge is -2.02. The minimum absolute atomic E-state index is 0.195. The van der Waals surface area contributed by atoms with E-state index in [1.54, 1.807) is 5.51 Å². The lowest BCUT2D eigenvalue weighted by Crippen LogP contribution is -2.03. The van der Waals surface area contributed by atoms with Crippen molar-refractivity contribution in [3.8, 4) is 5.69 Å². The number of rotatable bonds is 4. The molecule has 0 N–H and O–H groups in total. The van der Waals surface area contributed by atoms with Gasteiger partial charge in [0.2, 0.25) is 0 Å². The maximum absolute atomic E-state index is 12.3. The number of para-hydroxylation sites is 1. The number of carbonyl (C=O) groups is 1. The number of hydrogen-bond donors (Lipinski definition) is 0. The van der Waals surface area contributed by atoms with Crippen LogP contribution in [0.3, 0.4) is 0 Å². The van der Waals surface area contributed by atoms with Gasteiger partial charge in [-0.25, -0.2) is 14.5 Å². The maximum atomic E-state index is 12.3. The van der Waals surface area contributed by atoms with Gasteiger partial charge in [-0.2, -0.15) is 5.10 Å². The number of fused-ring (bicyclic) bond motifs is 1. The number of hydrogen-bond acceptors (Lipinski definition) is 6. The number of thiophene rings is 1. The molecule has 0 atom stereocenters. The van der Waals surface area contributed by atoms with E-state index < -0.39 is 0 Å². The molecule has 0 aliphatic rings. The van der Waals surface area contributed by atoms with Gasteiger partial charge in [0.25, 0.3) is 0 Å². The Bertz CT molecular complexity index is 988. The van der Waals surface area contributed by atoms with Crippen LogP contribution in [-0.2, 0) is 11.3 Å². The zero-order valence-electron chi connectivity index (χ0n) is 12.8. The minimum Gasteiger partial charge on any atom is -0.455 e. The highest BCUT2D eigenvalue weighted by atomic mass is 32.1. The van der Waals surface area contributed by atoms with Crippen LogP contribution in [0.25, 0.3) is 15.9 Å². The van der Waals surface area contributed by atoms with Crippen LogP contribution >= 0.6 is 22.7 Å². The van der Waals surface area contributed by atoms with Gasteiger partial charge >= 0.3 is 5.97 Å². The van der Waals surface area contributed by atoms with Crippen molar-refractivity contribution in [3.05, 3.63) is 63.6 Å². The van der Waals surface area contributed by atoms with E-state index in [2.05, 4.69) is 10.1 Å². The fraction of sp³-hybridized carbons (Fsp3) is 0.118. The molecule has 4 aromatic rings. The number of carbonyl (C=O) groups excluding carboxylic acids is 1. The Balaban J connectivity index is 1.64. The summed E-state index contributed by atoms with van der Waals surface area (Å²) in [7, 11) is 0. The van der Waals surface area contributed by atoms with Gasteiger partial charge in [0, 0.05) is 10.8 Å². The van der Waals surface area contributed by atoms with E-state index >= 15 is 0 Å². The topological polar surface area (TPSA) is 57.0 Å². The molecule has 0 radical (unpaired) electrons. The summed E-state index contributed by atoms with van der Waals surface area (Å²) >= 11 is 2.88. The molecule has 0 bridgehead atoms. The van der Waals surface area contributed by atoms with Crippen LogP contribution in [0.5, 0.6) is 0 Å². The molecule has 0 amide bonds. The average molecular weight is 355 g/mol. The molecular weight excluding hydrogens is 342 g/mol. The van der Waals surface area contributed by atoms with Crippen LogP contribution in [0.2, 0.25) is 0 Å². The van der Waals surface area contributed by atoms with E-state index in [4.69, 9.17) is 4.74 Å². The molecule has 0 unspecified atom stereocenters. The molecule has 4 rings (SSSR count). The summed E-state index contributed by atoms with van der Waals surface area (Å²) in [6, 6.07) is 11.7. The van der Waals surface area contributed by atoms with Crippen molar-refractivity contribution >= 4 is 38.9 Å². The molecule has 0 aliphatic heterocycles. The summed E-state index contributed by atoms with van der Waals surface area (Å²) in [5, 5.41) is 7.42. The second-order valence-electron chi connectivity index (χ2n) is 5.22. The molecule has 3 aromatic heterocycles. The Labute approximate surface area is 146 Å². The van der Waals surface area contributed by atoms with Gasteiger partial charge in [-0.15, -0.1) is 22.7 Å². The van der Waals surface area contributed by atoms with Crippen molar-refractivity contribution in [2.24, 2.45) is 0 Å². The Kier molecular flexibility index (Phi) is 3.87. The Morgan fingerprint density at radius 2 is 2.12 bits per heavy atom. The summed E-state index contributed by atoms with van der Waals surface area (Å²) in [5.74, 6) is -0.330. The highest BCUT2D eigenvalue weighted by Gasteiger charge is 2.18. The lowest BCUT2D eigenvalue weighted by atomic mass is 10.3. The molecule has 0 saturated heterocycles. The van der Waals surface area contributed by atoms with Crippen LogP contribution in [-0.4, -0.2) is 20.7 Å². The molecule has 5 nitrogen and oxygen atoms in total. The molecule has 0 spiro atoms. The monoisotopic (exact) mass is 355 g/mol. The third-order valence-corrected chi connectivity index (χ3v) is 5.31. The van der Waals surface area contributed by atoms with E-state index in [0.717, 1.165) is 27.3 Å². The summed E-state index contributed by atoms with van der Waals surface area (Å²) in [6.45, 7) is 2.14. The number of benzene rings is 1. The number of aromatic nitrogens is 3. The molecule has 0 aliphatic carbocycles. The molecule has 7 heteroatoms. The SMILES string of the molecule is Cc1nn(-c2ccccc2)c2sc(C(=O)OCc3cscn3)cc12. The largest absolute Gasteiger partial charge is 0.455 e. The molecule has 24 heavy (non-hydrogen) atoms. The predicted molar refractivity (Wildman–Crippen MR) is 94.9 cm³/mol. The molecular formula is C17H13N3O2S2. The molecule has 3 heterocycles. The quantitative estimate of drug-likeness (QED) is 0.515. The van der Waals surface area contributed by atoms with Gasteiger partial charge in [-0.1, -0.05) is 18.2 Å². The van der Waals surface area contributed by atoms with Crippen molar-refractivity contribution in [2.75, 3.05) is 0 Å². The highest BCUT2D eigenvalue weighted by Crippen LogP contribution is 2.30. The summed E-state index contributed by atoms with van der Waals surface area (Å²) in [5.41, 5.74) is 4.35. The van der Waals surface area contributed by atoms with Gasteiger partial charge in [0.1, 0.15) is 16.3 Å². The number of ether oxygens (including phenoxy) is 1. The van der Waals surface area contributed by atoms with Gasteiger partial charge < -0.3 is 4.74 Å². The minimum atomic E-state index is -0.330. The predicted octanol–water partition coefficient (Wildman–Crippen LogP) is 4.21. The highest BCUT2D eigenvalue weighted by molar-refractivity contribution is 7.20. The van der Waals surface area contributed by atoms with E-state index in [9.17, 15) is 4.79 Å². The third kappa shape index (κ3) is 2.72. The van der Waals surface area contributed by atoms with Crippen LogP contribution in [0, 0.1) is 6.92 Å². The molecule has 120 valence electrons. The Morgan fingerprint density at radius 1 is 1.29 bits per heavy atom. The van der Waals surface area contributed by atoms with Crippen molar-refractivity contribution in [1.82, 2.24) is 14.8 Å². The zero-order valence-corrected chi connectivity index (χ0v) is 14.4. The first-order valence-electron chi connectivity index (χ1n) is 7.31. The zero-order chi connectivity index (χ0) is 16.5. The van der Waals surface area contributed by atoms with Gasteiger partial charge in [-0.3, -0.25) is 0 Å². The number of thiazole rings is 1. The average Bonchev–Trinajstić information content (AvgIpc) is 3.32. The molecule has 0 saturated carbocycles. The summed E-state index contributed by atoms with van der Waals surface area (Å²) in [4.78, 5) is 17.9. The van der Waals surface area contributed by atoms with E-state index in [0.29, 0.717) is 4.88 Å².